The number of carbonyl (C=O) groups is 1. The molecule has 2 bridgehead atoms. The molecular formula is C20H26F2N2O. The highest BCUT2D eigenvalue weighted by Gasteiger charge is 2.49. The van der Waals surface area contributed by atoms with Gasteiger partial charge >= 0.3 is 0 Å². The second kappa shape index (κ2) is 5.68. The largest absolute Gasteiger partial charge is 0.371 e. The third-order valence-corrected chi connectivity index (χ3v) is 6.36. The molecule has 5 rings (SSSR count). The molecule has 0 amide bonds. The maximum Gasteiger partial charge on any atom is 0.251 e. The molecule has 136 valence electrons. The number of benzene rings is 1. The Kier molecular flexibility index (Phi) is 3.82. The molecule has 3 nitrogen and oxygen atoms in total. The standard InChI is InChI=1S/C20H26F2N2O/c1-19(2)12-14-13-24(18(19)11-17(14)25)16-5-3-15(4-6-16)23-9-7-20(21,22)8-10-23/h3-6,14,18H,7-13H2,1-2H3/t14-,18?/m0/s1. The fourth-order valence-electron chi connectivity index (χ4n) is 4.81. The van der Waals surface area contributed by atoms with E-state index in [0.29, 0.717) is 25.3 Å². The van der Waals surface area contributed by atoms with Gasteiger partial charge in [-0.2, -0.15) is 0 Å². The molecule has 3 aliphatic heterocycles. The summed E-state index contributed by atoms with van der Waals surface area (Å²) in [6, 6.07) is 8.50. The molecule has 3 heterocycles. The van der Waals surface area contributed by atoms with E-state index in [0.717, 1.165) is 24.3 Å². The van der Waals surface area contributed by atoms with Crippen molar-refractivity contribution in [2.45, 2.75) is 51.5 Å². The lowest BCUT2D eigenvalue weighted by Crippen LogP contribution is -2.60. The minimum absolute atomic E-state index is 0.0685. The lowest BCUT2D eigenvalue weighted by Gasteiger charge is -2.54. The average molecular weight is 348 g/mol. The van der Waals surface area contributed by atoms with Crippen molar-refractivity contribution in [3.8, 4) is 0 Å². The van der Waals surface area contributed by atoms with Crippen molar-refractivity contribution in [2.24, 2.45) is 11.3 Å². The third-order valence-electron chi connectivity index (χ3n) is 6.36. The van der Waals surface area contributed by atoms with E-state index in [1.54, 1.807) is 0 Å². The van der Waals surface area contributed by atoms with E-state index < -0.39 is 5.92 Å². The first kappa shape index (κ1) is 16.8. The van der Waals surface area contributed by atoms with Gasteiger partial charge in [-0.05, 0) is 36.1 Å². The van der Waals surface area contributed by atoms with Crippen molar-refractivity contribution < 1.29 is 13.6 Å². The summed E-state index contributed by atoms with van der Waals surface area (Å²) < 4.78 is 26.7. The maximum absolute atomic E-state index is 13.3. The SMILES string of the molecule is CC1(C)C[C@H]2CN(c3ccc(N4CCC(F)(F)CC4)cc3)C1CC2=O. The summed E-state index contributed by atoms with van der Waals surface area (Å²) >= 11 is 0. The second-order valence-electron chi connectivity index (χ2n) is 8.59. The van der Waals surface area contributed by atoms with Gasteiger partial charge in [0.1, 0.15) is 5.78 Å². The van der Waals surface area contributed by atoms with Gasteiger partial charge in [-0.1, -0.05) is 13.8 Å². The molecule has 0 radical (unpaired) electrons. The summed E-state index contributed by atoms with van der Waals surface area (Å²) in [4.78, 5) is 16.6. The fourth-order valence-corrected chi connectivity index (χ4v) is 4.81. The van der Waals surface area contributed by atoms with Crippen LogP contribution in [0.3, 0.4) is 0 Å². The first-order chi connectivity index (χ1) is 11.8. The number of rotatable bonds is 2. The molecule has 1 saturated carbocycles. The number of Topliss-reactive ketones (excluding diaryl/α,β-unsaturated/α-hetero) is 1. The van der Waals surface area contributed by atoms with Crippen LogP contribution in [0.5, 0.6) is 0 Å². The third kappa shape index (κ3) is 3.02. The van der Waals surface area contributed by atoms with E-state index in [4.69, 9.17) is 0 Å². The highest BCUT2D eigenvalue weighted by atomic mass is 19.3. The molecule has 1 aromatic rings. The first-order valence-corrected chi connectivity index (χ1v) is 9.27. The van der Waals surface area contributed by atoms with Crippen molar-refractivity contribution in [1.29, 1.82) is 0 Å². The van der Waals surface area contributed by atoms with Crippen molar-refractivity contribution in [2.75, 3.05) is 29.4 Å². The zero-order chi connectivity index (χ0) is 17.8. The minimum Gasteiger partial charge on any atom is -0.371 e. The number of carbonyl (C=O) groups excluding carboxylic acids is 1. The summed E-state index contributed by atoms with van der Waals surface area (Å²) in [6.07, 6.45) is 1.48. The minimum atomic E-state index is -2.51. The lowest BCUT2D eigenvalue weighted by molar-refractivity contribution is -0.130. The Labute approximate surface area is 148 Å². The highest BCUT2D eigenvalue weighted by Crippen LogP contribution is 2.46. The Balaban J connectivity index is 1.50. The average Bonchev–Trinajstić information content (AvgIpc) is 2.56. The number of piperidine rings is 3. The van der Waals surface area contributed by atoms with Gasteiger partial charge in [-0.15, -0.1) is 0 Å². The van der Waals surface area contributed by atoms with Crippen molar-refractivity contribution in [1.82, 2.24) is 0 Å². The van der Waals surface area contributed by atoms with Crippen LogP contribution < -0.4 is 9.80 Å². The second-order valence-corrected chi connectivity index (χ2v) is 8.59. The predicted octanol–water partition coefficient (Wildman–Crippen LogP) is 4.12. The number of halogens is 2. The molecule has 0 spiro atoms. The zero-order valence-corrected chi connectivity index (χ0v) is 15.0. The zero-order valence-electron chi connectivity index (χ0n) is 15.0. The number of fused-ring (bicyclic) bond motifs is 3. The Morgan fingerprint density at radius 3 is 2.24 bits per heavy atom. The van der Waals surface area contributed by atoms with Gasteiger partial charge in [0.2, 0.25) is 0 Å². The Morgan fingerprint density at radius 2 is 1.64 bits per heavy atom. The van der Waals surface area contributed by atoms with Crippen LogP contribution in [-0.2, 0) is 4.79 Å². The number of nitrogens with zero attached hydrogens (tertiary/aromatic N) is 2. The summed E-state index contributed by atoms with van der Waals surface area (Å²) in [5, 5.41) is 0. The summed E-state index contributed by atoms with van der Waals surface area (Å²) in [5.74, 6) is -1.96. The van der Waals surface area contributed by atoms with E-state index in [1.165, 1.54) is 0 Å². The molecule has 25 heavy (non-hydrogen) atoms. The Hall–Kier alpha value is -1.65. The van der Waals surface area contributed by atoms with E-state index in [1.807, 2.05) is 17.0 Å². The highest BCUT2D eigenvalue weighted by molar-refractivity contribution is 5.86. The molecule has 0 N–H and O–H groups in total. The van der Waals surface area contributed by atoms with E-state index in [-0.39, 0.29) is 30.2 Å². The van der Waals surface area contributed by atoms with Crippen LogP contribution in [0.15, 0.2) is 24.3 Å². The molecule has 4 fully saturated rings. The van der Waals surface area contributed by atoms with Gasteiger partial charge in [0, 0.05) is 62.2 Å². The maximum atomic E-state index is 13.3. The lowest BCUT2D eigenvalue weighted by atomic mass is 9.64. The Morgan fingerprint density at radius 1 is 1.04 bits per heavy atom. The number of ketones is 1. The molecule has 0 aromatic heterocycles. The van der Waals surface area contributed by atoms with Gasteiger partial charge in [-0.25, -0.2) is 8.78 Å². The topological polar surface area (TPSA) is 23.6 Å². The number of hydrogen-bond acceptors (Lipinski definition) is 3. The van der Waals surface area contributed by atoms with Crippen LogP contribution in [0, 0.1) is 11.3 Å². The number of hydrogen-bond donors (Lipinski definition) is 0. The van der Waals surface area contributed by atoms with Gasteiger partial charge < -0.3 is 9.80 Å². The molecule has 1 aliphatic carbocycles. The normalized spacial score (nSPS) is 30.6. The molecule has 1 unspecified atom stereocenters. The van der Waals surface area contributed by atoms with E-state index >= 15 is 0 Å². The van der Waals surface area contributed by atoms with Crippen molar-refractivity contribution >= 4 is 17.2 Å². The molecule has 1 aromatic carbocycles. The first-order valence-electron chi connectivity index (χ1n) is 9.27. The van der Waals surface area contributed by atoms with Crippen LogP contribution in [0.1, 0.15) is 39.5 Å². The number of anilines is 2. The smallest absolute Gasteiger partial charge is 0.251 e. The van der Waals surface area contributed by atoms with Gasteiger partial charge in [0.15, 0.2) is 0 Å². The summed E-state index contributed by atoms with van der Waals surface area (Å²) in [6.45, 7) is 6.13. The Bertz CT molecular complexity index is 661. The molecule has 2 atom stereocenters. The molecular weight excluding hydrogens is 322 g/mol. The fraction of sp³-hybridized carbons (Fsp3) is 0.650. The molecule has 4 aliphatic rings. The van der Waals surface area contributed by atoms with Gasteiger partial charge in [0.25, 0.3) is 5.92 Å². The van der Waals surface area contributed by atoms with Crippen LogP contribution >= 0.6 is 0 Å². The van der Waals surface area contributed by atoms with Crippen LogP contribution in [0.4, 0.5) is 20.2 Å². The summed E-state index contributed by atoms with van der Waals surface area (Å²) in [7, 11) is 0. The summed E-state index contributed by atoms with van der Waals surface area (Å²) in [5.41, 5.74) is 2.30. The molecule has 3 saturated heterocycles. The predicted molar refractivity (Wildman–Crippen MR) is 95.5 cm³/mol. The van der Waals surface area contributed by atoms with Crippen LogP contribution in [-0.4, -0.2) is 37.4 Å². The van der Waals surface area contributed by atoms with Gasteiger partial charge in [-0.3, -0.25) is 4.79 Å². The van der Waals surface area contributed by atoms with Crippen molar-refractivity contribution in [3.05, 3.63) is 24.3 Å². The van der Waals surface area contributed by atoms with E-state index in [2.05, 4.69) is 30.9 Å². The van der Waals surface area contributed by atoms with Crippen LogP contribution in [0.25, 0.3) is 0 Å². The van der Waals surface area contributed by atoms with Crippen LogP contribution in [0.2, 0.25) is 0 Å². The quantitative estimate of drug-likeness (QED) is 0.803. The van der Waals surface area contributed by atoms with Gasteiger partial charge in [0.05, 0.1) is 0 Å². The number of alkyl halides is 2. The molecule has 5 heteroatoms. The van der Waals surface area contributed by atoms with E-state index in [9.17, 15) is 13.6 Å². The van der Waals surface area contributed by atoms with Crippen molar-refractivity contribution in [3.63, 3.8) is 0 Å². The monoisotopic (exact) mass is 348 g/mol.